The lowest BCUT2D eigenvalue weighted by Crippen LogP contribution is -2.53. The van der Waals surface area contributed by atoms with Crippen LogP contribution in [0, 0.1) is 12.8 Å². The molecule has 1 atom stereocenters. The summed E-state index contributed by atoms with van der Waals surface area (Å²) in [6.45, 7) is 5.50. The summed E-state index contributed by atoms with van der Waals surface area (Å²) in [5.74, 6) is -0.732. The Labute approximate surface area is 257 Å². The molecular weight excluding hydrogens is 605 g/mol. The number of nitrogens with one attached hydrogen (secondary N) is 1. The Hall–Kier alpha value is -2.78. The quantitative estimate of drug-likeness (QED) is 0.259. The van der Waals surface area contributed by atoms with E-state index in [1.807, 2.05) is 44.2 Å². The van der Waals surface area contributed by atoms with E-state index in [4.69, 9.17) is 34.8 Å². The van der Waals surface area contributed by atoms with Crippen LogP contribution in [0.4, 0.5) is 5.69 Å². The van der Waals surface area contributed by atoms with Gasteiger partial charge in [0.1, 0.15) is 12.6 Å². The molecule has 0 spiro atoms. The van der Waals surface area contributed by atoms with Gasteiger partial charge in [-0.3, -0.25) is 13.9 Å². The van der Waals surface area contributed by atoms with Crippen molar-refractivity contribution in [2.24, 2.45) is 5.92 Å². The zero-order chi connectivity index (χ0) is 30.3. The number of carbonyl (C=O) groups is 2. The fraction of sp³-hybridized carbons (Fsp3) is 0.333. The summed E-state index contributed by atoms with van der Waals surface area (Å²) < 4.78 is 27.0. The number of rotatable bonds is 12. The second-order valence-electron chi connectivity index (χ2n) is 10.3. The first kappa shape index (κ1) is 32.7. The molecule has 3 aromatic carbocycles. The predicted molar refractivity (Wildman–Crippen MR) is 167 cm³/mol. The molecule has 3 rings (SSSR count). The van der Waals surface area contributed by atoms with Crippen molar-refractivity contribution in [2.75, 3.05) is 23.7 Å². The van der Waals surface area contributed by atoms with Crippen molar-refractivity contribution < 1.29 is 18.0 Å². The van der Waals surface area contributed by atoms with E-state index in [1.54, 1.807) is 43.3 Å². The highest BCUT2D eigenvalue weighted by Crippen LogP contribution is 2.29. The van der Waals surface area contributed by atoms with Crippen LogP contribution in [0.25, 0.3) is 0 Å². The van der Waals surface area contributed by atoms with Crippen molar-refractivity contribution in [2.45, 2.75) is 39.8 Å². The topological polar surface area (TPSA) is 86.8 Å². The van der Waals surface area contributed by atoms with E-state index in [1.165, 1.54) is 4.90 Å². The van der Waals surface area contributed by atoms with Gasteiger partial charge in [-0.05, 0) is 53.8 Å². The molecule has 0 saturated heterocycles. The summed E-state index contributed by atoms with van der Waals surface area (Å²) in [6, 6.07) is 18.2. The van der Waals surface area contributed by atoms with Crippen molar-refractivity contribution in [1.82, 2.24) is 10.2 Å². The molecule has 0 aliphatic heterocycles. The number of hydrogen-bond donors (Lipinski definition) is 1. The normalized spacial score (nSPS) is 12.2. The maximum absolute atomic E-state index is 14.1. The van der Waals surface area contributed by atoms with Crippen molar-refractivity contribution >= 4 is 62.3 Å². The monoisotopic (exact) mass is 637 g/mol. The first-order chi connectivity index (χ1) is 19.3. The Kier molecular flexibility index (Phi) is 11.5. The fourth-order valence-corrected chi connectivity index (χ4v) is 5.66. The van der Waals surface area contributed by atoms with E-state index in [0.717, 1.165) is 16.1 Å². The number of amides is 2. The molecule has 0 radical (unpaired) electrons. The Morgan fingerprint density at radius 3 is 2.17 bits per heavy atom. The second kappa shape index (κ2) is 14.4. The van der Waals surface area contributed by atoms with Gasteiger partial charge >= 0.3 is 0 Å². The van der Waals surface area contributed by atoms with Crippen molar-refractivity contribution in [3.05, 3.63) is 98.5 Å². The SMILES string of the molecule is Cc1c(Cl)cccc1N(CC(=O)N(Cc1ccc(Cl)c(Cl)c1)[C@H](Cc1ccccc1)C(=O)NCC(C)C)S(C)(=O)=O. The number of halogens is 3. The molecule has 0 unspecified atom stereocenters. The Balaban J connectivity index is 2.09. The highest BCUT2D eigenvalue weighted by molar-refractivity contribution is 7.92. The number of hydrogen-bond acceptors (Lipinski definition) is 4. The van der Waals surface area contributed by atoms with Crippen molar-refractivity contribution in [3.8, 4) is 0 Å². The van der Waals surface area contributed by atoms with Gasteiger partial charge in [0.25, 0.3) is 0 Å². The molecule has 0 aliphatic carbocycles. The summed E-state index contributed by atoms with van der Waals surface area (Å²) in [4.78, 5) is 29.2. The molecule has 0 heterocycles. The summed E-state index contributed by atoms with van der Waals surface area (Å²) in [7, 11) is -3.91. The number of benzene rings is 3. The Bertz CT molecular complexity index is 1480. The summed E-state index contributed by atoms with van der Waals surface area (Å²) in [5.41, 5.74) is 2.27. The van der Waals surface area contributed by atoms with Crippen LogP contribution < -0.4 is 9.62 Å². The van der Waals surface area contributed by atoms with E-state index in [9.17, 15) is 18.0 Å². The minimum atomic E-state index is -3.91. The van der Waals surface area contributed by atoms with Crippen LogP contribution >= 0.6 is 34.8 Å². The minimum absolute atomic E-state index is 0.00551. The lowest BCUT2D eigenvalue weighted by Gasteiger charge is -2.34. The van der Waals surface area contributed by atoms with E-state index in [-0.39, 0.29) is 30.5 Å². The summed E-state index contributed by atoms with van der Waals surface area (Å²) in [6.07, 6.45) is 1.24. The summed E-state index contributed by atoms with van der Waals surface area (Å²) >= 11 is 18.7. The van der Waals surface area contributed by atoms with E-state index < -0.39 is 28.5 Å². The fourth-order valence-electron chi connectivity index (χ4n) is 4.27. The molecule has 2 amide bonds. The largest absolute Gasteiger partial charge is 0.354 e. The van der Waals surface area contributed by atoms with Crippen molar-refractivity contribution in [1.29, 1.82) is 0 Å². The van der Waals surface area contributed by atoms with Gasteiger partial charge in [-0.2, -0.15) is 0 Å². The molecule has 7 nitrogen and oxygen atoms in total. The zero-order valence-corrected chi connectivity index (χ0v) is 26.5. The highest BCUT2D eigenvalue weighted by Gasteiger charge is 2.33. The van der Waals surface area contributed by atoms with Gasteiger partial charge in [0.05, 0.1) is 22.0 Å². The van der Waals surface area contributed by atoms with Crippen LogP contribution in [-0.4, -0.2) is 50.5 Å². The molecular formula is C30H34Cl3N3O4S. The molecule has 41 heavy (non-hydrogen) atoms. The average molecular weight is 639 g/mol. The molecule has 0 aromatic heterocycles. The smallest absolute Gasteiger partial charge is 0.244 e. The predicted octanol–water partition coefficient (Wildman–Crippen LogP) is 6.13. The van der Waals surface area contributed by atoms with Crippen LogP contribution in [-0.2, 0) is 32.6 Å². The van der Waals surface area contributed by atoms with Gasteiger partial charge in [0, 0.05) is 24.5 Å². The van der Waals surface area contributed by atoms with E-state index in [0.29, 0.717) is 32.7 Å². The second-order valence-corrected chi connectivity index (χ2v) is 13.4. The average Bonchev–Trinajstić information content (AvgIpc) is 2.91. The number of carbonyl (C=O) groups excluding carboxylic acids is 2. The van der Waals surface area contributed by atoms with Crippen molar-refractivity contribution in [3.63, 3.8) is 0 Å². The van der Waals surface area contributed by atoms with E-state index >= 15 is 0 Å². The van der Waals surface area contributed by atoms with Crippen LogP contribution in [0.5, 0.6) is 0 Å². The van der Waals surface area contributed by atoms with Gasteiger partial charge in [-0.15, -0.1) is 0 Å². The first-order valence-corrected chi connectivity index (χ1v) is 16.0. The molecule has 0 aliphatic rings. The van der Waals surface area contributed by atoms with Gasteiger partial charge in [-0.1, -0.05) is 91.1 Å². The van der Waals surface area contributed by atoms with E-state index in [2.05, 4.69) is 5.32 Å². The zero-order valence-electron chi connectivity index (χ0n) is 23.4. The maximum atomic E-state index is 14.1. The van der Waals surface area contributed by atoms with Gasteiger partial charge in [0.2, 0.25) is 21.8 Å². The number of nitrogens with zero attached hydrogens (tertiary/aromatic N) is 2. The van der Waals surface area contributed by atoms with Gasteiger partial charge in [0.15, 0.2) is 0 Å². The van der Waals surface area contributed by atoms with Crippen LogP contribution in [0.1, 0.15) is 30.5 Å². The molecule has 220 valence electrons. The maximum Gasteiger partial charge on any atom is 0.244 e. The third-order valence-electron chi connectivity index (χ3n) is 6.48. The van der Waals surface area contributed by atoms with Gasteiger partial charge < -0.3 is 10.2 Å². The number of sulfonamides is 1. The molecule has 11 heteroatoms. The Morgan fingerprint density at radius 1 is 0.878 bits per heavy atom. The summed E-state index contributed by atoms with van der Waals surface area (Å²) in [5, 5.41) is 3.96. The molecule has 1 N–H and O–H groups in total. The van der Waals surface area contributed by atoms with Crippen LogP contribution in [0.15, 0.2) is 66.7 Å². The highest BCUT2D eigenvalue weighted by atomic mass is 35.5. The van der Waals surface area contributed by atoms with Gasteiger partial charge in [-0.25, -0.2) is 8.42 Å². The molecule has 3 aromatic rings. The third kappa shape index (κ3) is 9.10. The minimum Gasteiger partial charge on any atom is -0.354 e. The standard InChI is InChI=1S/C30H34Cl3N3O4S/c1-20(2)17-34-30(38)28(16-22-9-6-5-7-10-22)35(18-23-13-14-25(32)26(33)15-23)29(37)19-36(41(4,39)40)27-12-8-11-24(31)21(27)3/h5-15,20,28H,16-19H2,1-4H3,(H,34,38)/t28-/m1/s1. The lowest BCUT2D eigenvalue weighted by molar-refractivity contribution is -0.140. The third-order valence-corrected chi connectivity index (χ3v) is 8.75. The molecule has 0 fully saturated rings. The number of anilines is 1. The molecule has 0 bridgehead atoms. The van der Waals surface area contributed by atoms with Crippen LogP contribution in [0.2, 0.25) is 15.1 Å². The van der Waals surface area contributed by atoms with Crippen LogP contribution in [0.3, 0.4) is 0 Å². The first-order valence-electron chi connectivity index (χ1n) is 13.1. The lowest BCUT2D eigenvalue weighted by atomic mass is 10.0. The Morgan fingerprint density at radius 2 is 1.56 bits per heavy atom. The molecule has 0 saturated carbocycles.